The Morgan fingerprint density at radius 3 is 2.83 bits per heavy atom. The van der Waals surface area contributed by atoms with Crippen molar-refractivity contribution in [3.05, 3.63) is 29.1 Å². The van der Waals surface area contributed by atoms with E-state index in [2.05, 4.69) is 30.5 Å². The second-order valence-electron chi connectivity index (χ2n) is 5.31. The van der Waals surface area contributed by atoms with E-state index in [1.807, 2.05) is 0 Å². The molecule has 0 aliphatic heterocycles. The summed E-state index contributed by atoms with van der Waals surface area (Å²) < 4.78 is 39.5. The van der Waals surface area contributed by atoms with Gasteiger partial charge < -0.3 is 0 Å². The maximum atomic E-state index is 13.2. The number of nitrogens with zero attached hydrogens (tertiary/aromatic N) is 4. The van der Waals surface area contributed by atoms with Crippen molar-refractivity contribution in [3.63, 3.8) is 0 Å². The monoisotopic (exact) mass is 326 g/mol. The summed E-state index contributed by atoms with van der Waals surface area (Å²) in [5.74, 6) is -0.751. The topological polar surface area (TPSA) is 96.5 Å². The lowest BCUT2D eigenvalue weighted by molar-refractivity contribution is -0.142. The quantitative estimate of drug-likeness (QED) is 0.875. The predicted molar refractivity (Wildman–Crippen MR) is 72.3 cm³/mol. The van der Waals surface area contributed by atoms with Gasteiger partial charge in [0.15, 0.2) is 5.69 Å². The van der Waals surface area contributed by atoms with Crippen molar-refractivity contribution in [3.8, 4) is 0 Å². The molecule has 2 aromatic rings. The molecule has 0 spiro atoms. The number of aromatic amines is 1. The Morgan fingerprint density at radius 1 is 1.39 bits per heavy atom. The number of halogens is 3. The normalized spacial score (nSPS) is 17.7. The molecule has 1 amide bonds. The molecule has 1 aliphatic carbocycles. The van der Waals surface area contributed by atoms with Crippen molar-refractivity contribution >= 4 is 11.9 Å². The molecule has 1 unspecified atom stereocenters. The number of amides is 1. The number of carbonyl (C=O) groups excluding carboxylic acids is 1. The minimum Gasteiger partial charge on any atom is -0.295 e. The average molecular weight is 326 g/mol. The van der Waals surface area contributed by atoms with Crippen LogP contribution in [0.2, 0.25) is 0 Å². The highest BCUT2D eigenvalue weighted by Crippen LogP contribution is 2.36. The molecule has 10 heteroatoms. The van der Waals surface area contributed by atoms with E-state index in [1.54, 1.807) is 0 Å². The van der Waals surface area contributed by atoms with E-state index in [-0.39, 0.29) is 23.8 Å². The lowest BCUT2D eigenvalue weighted by Gasteiger charge is -2.25. The maximum absolute atomic E-state index is 13.2. The molecule has 1 atom stereocenters. The highest BCUT2D eigenvalue weighted by atomic mass is 19.4. The summed E-state index contributed by atoms with van der Waals surface area (Å²) in [6, 6.07) is 0. The summed E-state index contributed by atoms with van der Waals surface area (Å²) in [7, 11) is 0. The summed E-state index contributed by atoms with van der Waals surface area (Å²) in [6.45, 7) is 1.43. The Labute approximate surface area is 128 Å². The highest BCUT2D eigenvalue weighted by Gasteiger charge is 2.39. The van der Waals surface area contributed by atoms with E-state index in [0.717, 1.165) is 0 Å². The van der Waals surface area contributed by atoms with Crippen molar-refractivity contribution in [2.45, 2.75) is 32.4 Å². The number of carbonyl (C=O) groups is 1. The van der Waals surface area contributed by atoms with Crippen molar-refractivity contribution < 1.29 is 18.0 Å². The van der Waals surface area contributed by atoms with Crippen LogP contribution < -0.4 is 5.32 Å². The van der Waals surface area contributed by atoms with E-state index < -0.39 is 23.7 Å². The zero-order chi connectivity index (χ0) is 16.6. The molecule has 0 bridgehead atoms. The van der Waals surface area contributed by atoms with Crippen LogP contribution in [0.5, 0.6) is 0 Å². The minimum absolute atomic E-state index is 0.00655. The van der Waals surface area contributed by atoms with Gasteiger partial charge in [-0.05, 0) is 26.2 Å². The fourth-order valence-corrected chi connectivity index (χ4v) is 2.68. The first-order valence-electron chi connectivity index (χ1n) is 6.94. The Morgan fingerprint density at radius 2 is 2.17 bits per heavy atom. The number of alkyl halides is 3. The van der Waals surface area contributed by atoms with Crippen LogP contribution in [0, 0.1) is 12.8 Å². The minimum atomic E-state index is -4.57. The molecule has 3 rings (SSSR count). The molecular weight excluding hydrogens is 313 g/mol. The van der Waals surface area contributed by atoms with Crippen LogP contribution in [0.15, 0.2) is 6.33 Å². The van der Waals surface area contributed by atoms with Gasteiger partial charge in [0.25, 0.3) is 0 Å². The summed E-state index contributed by atoms with van der Waals surface area (Å²) in [4.78, 5) is 23.6. The number of aryl methyl sites for hydroxylation is 2. The van der Waals surface area contributed by atoms with Gasteiger partial charge >= 0.3 is 6.18 Å². The number of nitrogens with one attached hydrogen (secondary N) is 2. The van der Waals surface area contributed by atoms with Crippen LogP contribution in [0.1, 0.15) is 29.2 Å². The molecule has 2 heterocycles. The van der Waals surface area contributed by atoms with Crippen molar-refractivity contribution in [2.24, 2.45) is 5.92 Å². The Balaban J connectivity index is 1.86. The molecule has 0 saturated carbocycles. The lowest BCUT2D eigenvalue weighted by atomic mass is 9.85. The summed E-state index contributed by atoms with van der Waals surface area (Å²) in [6.07, 6.45) is -2.67. The third-order valence-corrected chi connectivity index (χ3v) is 3.68. The van der Waals surface area contributed by atoms with E-state index in [1.165, 1.54) is 13.3 Å². The van der Waals surface area contributed by atoms with Gasteiger partial charge in [-0.3, -0.25) is 10.1 Å². The van der Waals surface area contributed by atoms with E-state index in [0.29, 0.717) is 18.5 Å². The molecule has 122 valence electrons. The van der Waals surface area contributed by atoms with Crippen LogP contribution in [0.3, 0.4) is 0 Å². The van der Waals surface area contributed by atoms with E-state index >= 15 is 0 Å². The Hall–Kier alpha value is -2.52. The number of anilines is 1. The standard InChI is InChI=1S/C13H13F3N6O/c1-6-19-9-3-2-7(11(23)21-12-17-5-18-22-12)4-8(9)10(20-6)13(14,15)16/h5,7H,2-4H2,1H3,(H2,17,18,21,22,23). The van der Waals surface area contributed by atoms with E-state index in [4.69, 9.17) is 0 Å². The molecule has 0 radical (unpaired) electrons. The van der Waals surface area contributed by atoms with Crippen LogP contribution in [0.25, 0.3) is 0 Å². The first-order valence-corrected chi connectivity index (χ1v) is 6.94. The molecule has 23 heavy (non-hydrogen) atoms. The van der Waals surface area contributed by atoms with Gasteiger partial charge in [-0.15, -0.1) is 0 Å². The second-order valence-corrected chi connectivity index (χ2v) is 5.31. The van der Waals surface area contributed by atoms with Crippen molar-refractivity contribution in [2.75, 3.05) is 5.32 Å². The summed E-state index contributed by atoms with van der Waals surface area (Å²) >= 11 is 0. The van der Waals surface area contributed by atoms with Crippen LogP contribution in [-0.4, -0.2) is 31.1 Å². The number of H-pyrrole nitrogens is 1. The molecule has 0 saturated heterocycles. The van der Waals surface area contributed by atoms with Crippen LogP contribution >= 0.6 is 0 Å². The average Bonchev–Trinajstić information content (AvgIpc) is 2.97. The van der Waals surface area contributed by atoms with Gasteiger partial charge in [0, 0.05) is 17.2 Å². The highest BCUT2D eigenvalue weighted by molar-refractivity contribution is 5.91. The Kier molecular flexibility index (Phi) is 3.74. The predicted octanol–water partition coefficient (Wildman–Crippen LogP) is 1.67. The van der Waals surface area contributed by atoms with E-state index in [9.17, 15) is 18.0 Å². The lowest BCUT2D eigenvalue weighted by Crippen LogP contribution is -2.31. The second kappa shape index (κ2) is 5.60. The van der Waals surface area contributed by atoms with Gasteiger partial charge in [0.2, 0.25) is 11.9 Å². The molecular formula is C13H13F3N6O. The zero-order valence-corrected chi connectivity index (χ0v) is 12.1. The first kappa shape index (κ1) is 15.4. The van der Waals surface area contributed by atoms with Gasteiger partial charge in [-0.25, -0.2) is 15.1 Å². The molecule has 2 aromatic heterocycles. The maximum Gasteiger partial charge on any atom is 0.433 e. The molecule has 0 aromatic carbocycles. The largest absolute Gasteiger partial charge is 0.433 e. The van der Waals surface area contributed by atoms with Crippen LogP contribution in [-0.2, 0) is 23.8 Å². The van der Waals surface area contributed by atoms with Gasteiger partial charge in [0.1, 0.15) is 12.2 Å². The summed E-state index contributed by atoms with van der Waals surface area (Å²) in [5.41, 5.74) is -0.572. The van der Waals surface area contributed by atoms with Gasteiger partial charge in [0.05, 0.1) is 0 Å². The van der Waals surface area contributed by atoms with Crippen molar-refractivity contribution in [1.29, 1.82) is 0 Å². The third-order valence-electron chi connectivity index (χ3n) is 3.68. The number of fused-ring (bicyclic) bond motifs is 1. The van der Waals surface area contributed by atoms with Crippen molar-refractivity contribution in [1.82, 2.24) is 25.1 Å². The van der Waals surface area contributed by atoms with Gasteiger partial charge in [-0.2, -0.15) is 23.3 Å². The zero-order valence-electron chi connectivity index (χ0n) is 12.1. The number of hydrogen-bond acceptors (Lipinski definition) is 5. The Bertz CT molecular complexity index is 728. The molecule has 2 N–H and O–H groups in total. The molecule has 0 fully saturated rings. The number of aromatic nitrogens is 5. The number of hydrogen-bond donors (Lipinski definition) is 2. The fraction of sp³-hybridized carbons (Fsp3) is 0.462. The molecule has 7 nitrogen and oxygen atoms in total. The first-order chi connectivity index (χ1) is 10.8. The third kappa shape index (κ3) is 3.15. The van der Waals surface area contributed by atoms with Crippen LogP contribution in [0.4, 0.5) is 19.1 Å². The number of rotatable bonds is 2. The fourth-order valence-electron chi connectivity index (χ4n) is 2.68. The smallest absolute Gasteiger partial charge is 0.295 e. The SMILES string of the molecule is Cc1nc2c(c(C(F)(F)F)n1)CC(C(=O)Nc1ncn[nH]1)CC2. The van der Waals surface area contributed by atoms with Gasteiger partial charge in [-0.1, -0.05) is 0 Å². The molecule has 1 aliphatic rings. The summed E-state index contributed by atoms with van der Waals surface area (Å²) in [5, 5.41) is 8.57.